The zero-order valence-electron chi connectivity index (χ0n) is 25.6. The van der Waals surface area contributed by atoms with Gasteiger partial charge in [-0.25, -0.2) is 4.79 Å². The molecule has 232 valence electrons. The Morgan fingerprint density at radius 3 is 1.72 bits per heavy atom. The first-order valence-electron chi connectivity index (χ1n) is 13.8. The van der Waals surface area contributed by atoms with Crippen LogP contribution < -0.4 is 5.62 Å². The van der Waals surface area contributed by atoms with Crippen molar-refractivity contribution in [2.75, 3.05) is 7.11 Å². The summed E-state index contributed by atoms with van der Waals surface area (Å²) in [5.41, 5.74) is 6.01. The summed E-state index contributed by atoms with van der Waals surface area (Å²) in [7, 11) is 1.72. The molecule has 1 unspecified atom stereocenters. The largest absolute Gasteiger partial charge is 0.507 e. The molecule has 1 heterocycles. The van der Waals surface area contributed by atoms with Crippen LogP contribution in [0.4, 0.5) is 13.2 Å². The standard InChI is InChI=1S/C31H39N3O2.C2HF3O2/c1-30(2,3)23-17-22(18-24(28(23)35)31(4,5)6)27(36-7)20-34-26-16-12-11-15-25(26)33(29(34)32)19-21-13-9-8-10-14-21;3-2(4,5)1(6)7/h8-18,27,32,35H,19-20H2,1-7H3;(H,6,7). The summed E-state index contributed by atoms with van der Waals surface area (Å²) in [6.07, 6.45) is -5.36. The first-order valence-corrected chi connectivity index (χ1v) is 13.8. The lowest BCUT2D eigenvalue weighted by atomic mass is 9.78. The van der Waals surface area contributed by atoms with E-state index in [4.69, 9.17) is 20.0 Å². The summed E-state index contributed by atoms with van der Waals surface area (Å²) in [6.45, 7) is 13.8. The summed E-state index contributed by atoms with van der Waals surface area (Å²) in [4.78, 5) is 8.90. The number of benzene rings is 3. The number of phenols is 1. The van der Waals surface area contributed by atoms with Crippen molar-refractivity contribution in [1.82, 2.24) is 9.13 Å². The number of imidazole rings is 1. The number of nitrogens with one attached hydrogen (secondary N) is 1. The molecule has 0 saturated heterocycles. The lowest BCUT2D eigenvalue weighted by Gasteiger charge is -2.30. The van der Waals surface area contributed by atoms with Crippen molar-refractivity contribution < 1.29 is 32.9 Å². The first kappa shape index (κ1) is 33.5. The van der Waals surface area contributed by atoms with Gasteiger partial charge in [-0.1, -0.05) is 84.0 Å². The number of methoxy groups -OCH3 is 1. The number of halogens is 3. The monoisotopic (exact) mass is 599 g/mol. The van der Waals surface area contributed by atoms with E-state index in [2.05, 4.69) is 82.5 Å². The molecule has 0 fully saturated rings. The van der Waals surface area contributed by atoms with E-state index in [0.29, 0.717) is 24.5 Å². The number of alkyl halides is 3. The predicted octanol–water partition coefficient (Wildman–Crippen LogP) is 7.29. The Morgan fingerprint density at radius 2 is 1.30 bits per heavy atom. The fraction of sp³-hybridized carbons (Fsp3) is 0.394. The molecular weight excluding hydrogens is 559 g/mol. The minimum Gasteiger partial charge on any atom is -0.507 e. The van der Waals surface area contributed by atoms with Crippen LogP contribution >= 0.6 is 0 Å². The molecule has 0 bridgehead atoms. The average Bonchev–Trinajstić information content (AvgIpc) is 3.17. The van der Waals surface area contributed by atoms with E-state index in [-0.39, 0.29) is 16.9 Å². The summed E-state index contributed by atoms with van der Waals surface area (Å²) in [5, 5.41) is 27.4. The number of carbonyl (C=O) groups is 1. The van der Waals surface area contributed by atoms with Gasteiger partial charge in [-0.05, 0) is 57.3 Å². The highest BCUT2D eigenvalue weighted by Gasteiger charge is 2.38. The van der Waals surface area contributed by atoms with Crippen molar-refractivity contribution in [2.24, 2.45) is 0 Å². The van der Waals surface area contributed by atoms with Gasteiger partial charge in [0.15, 0.2) is 0 Å². The maximum atomic E-state index is 11.2. The van der Waals surface area contributed by atoms with Gasteiger partial charge in [-0.2, -0.15) is 13.2 Å². The third-order valence-corrected chi connectivity index (χ3v) is 7.15. The number of rotatable bonds is 6. The van der Waals surface area contributed by atoms with Gasteiger partial charge in [0.2, 0.25) is 5.62 Å². The average molecular weight is 600 g/mol. The van der Waals surface area contributed by atoms with E-state index in [9.17, 15) is 18.3 Å². The number of ether oxygens (including phenoxy) is 1. The van der Waals surface area contributed by atoms with Crippen LogP contribution in [-0.2, 0) is 33.5 Å². The molecule has 4 rings (SSSR count). The highest BCUT2D eigenvalue weighted by molar-refractivity contribution is 5.76. The highest BCUT2D eigenvalue weighted by Crippen LogP contribution is 2.41. The number of fused-ring (bicyclic) bond motifs is 1. The number of aliphatic carboxylic acids is 1. The Kier molecular flexibility index (Phi) is 9.86. The molecule has 0 spiro atoms. The number of phenolic OH excluding ortho intramolecular Hbond substituents is 1. The molecule has 1 aromatic heterocycles. The molecule has 3 N–H and O–H groups in total. The molecule has 10 heteroatoms. The number of para-hydroxylation sites is 2. The summed E-state index contributed by atoms with van der Waals surface area (Å²) < 4.78 is 41.9. The van der Waals surface area contributed by atoms with Crippen molar-refractivity contribution in [3.8, 4) is 5.75 Å². The van der Waals surface area contributed by atoms with Crippen molar-refractivity contribution in [2.45, 2.75) is 77.7 Å². The maximum absolute atomic E-state index is 11.2. The van der Waals surface area contributed by atoms with E-state index < -0.39 is 12.1 Å². The zero-order chi connectivity index (χ0) is 32.3. The van der Waals surface area contributed by atoms with Gasteiger partial charge in [-0.3, -0.25) is 5.41 Å². The zero-order valence-corrected chi connectivity index (χ0v) is 25.6. The number of nitrogens with zero attached hydrogens (tertiary/aromatic N) is 2. The predicted molar refractivity (Wildman–Crippen MR) is 160 cm³/mol. The molecule has 43 heavy (non-hydrogen) atoms. The van der Waals surface area contributed by atoms with Gasteiger partial charge in [0.1, 0.15) is 11.9 Å². The number of aromatic hydroxyl groups is 1. The number of aromatic nitrogens is 2. The summed E-state index contributed by atoms with van der Waals surface area (Å²) >= 11 is 0. The second-order valence-corrected chi connectivity index (χ2v) is 12.5. The van der Waals surface area contributed by atoms with Gasteiger partial charge in [0.25, 0.3) is 0 Å². The Labute approximate surface area is 249 Å². The molecule has 0 radical (unpaired) electrons. The van der Waals surface area contributed by atoms with Gasteiger partial charge < -0.3 is 24.1 Å². The smallest absolute Gasteiger partial charge is 0.490 e. The number of carboxylic acids is 1. The van der Waals surface area contributed by atoms with Gasteiger partial charge >= 0.3 is 12.1 Å². The Balaban J connectivity index is 0.000000646. The molecule has 0 aliphatic carbocycles. The highest BCUT2D eigenvalue weighted by atomic mass is 19.4. The van der Waals surface area contributed by atoms with Crippen LogP contribution in [0, 0.1) is 5.41 Å². The SMILES string of the molecule is COC(Cn1c(=N)n(Cc2ccccc2)c2ccccc21)c1cc(C(C)(C)C)c(O)c(C(C)(C)C)c1.O=C(O)C(F)(F)F. The molecule has 0 aliphatic rings. The molecular formula is C33H40F3N3O4. The number of hydrogen-bond acceptors (Lipinski definition) is 4. The van der Waals surface area contributed by atoms with Crippen LogP contribution in [0.1, 0.15) is 69.9 Å². The lowest BCUT2D eigenvalue weighted by Crippen LogP contribution is -2.28. The van der Waals surface area contributed by atoms with E-state index >= 15 is 0 Å². The van der Waals surface area contributed by atoms with Crippen LogP contribution in [0.5, 0.6) is 5.75 Å². The van der Waals surface area contributed by atoms with E-state index in [1.54, 1.807) is 7.11 Å². The minimum absolute atomic E-state index is 0.224. The normalized spacial score (nSPS) is 13.0. The molecule has 3 aromatic carbocycles. The summed E-state index contributed by atoms with van der Waals surface area (Å²) in [6, 6.07) is 22.6. The van der Waals surface area contributed by atoms with Gasteiger partial charge in [-0.15, -0.1) is 0 Å². The second-order valence-electron chi connectivity index (χ2n) is 12.5. The topological polar surface area (TPSA) is 100 Å². The quantitative estimate of drug-likeness (QED) is 0.217. The van der Waals surface area contributed by atoms with E-state index in [1.807, 2.05) is 34.9 Å². The molecule has 0 amide bonds. The van der Waals surface area contributed by atoms with Crippen LogP contribution in [0.2, 0.25) is 0 Å². The first-order chi connectivity index (χ1) is 19.9. The van der Waals surface area contributed by atoms with Crippen LogP contribution in [0.3, 0.4) is 0 Å². The summed E-state index contributed by atoms with van der Waals surface area (Å²) in [5.74, 6) is -2.39. The van der Waals surface area contributed by atoms with Crippen molar-refractivity contribution in [3.63, 3.8) is 0 Å². The molecule has 7 nitrogen and oxygen atoms in total. The van der Waals surface area contributed by atoms with E-state index in [0.717, 1.165) is 33.3 Å². The third kappa shape index (κ3) is 7.87. The molecule has 4 aromatic rings. The Morgan fingerprint density at radius 1 is 0.860 bits per heavy atom. The van der Waals surface area contributed by atoms with Gasteiger partial charge in [0.05, 0.1) is 24.1 Å². The van der Waals surface area contributed by atoms with Crippen molar-refractivity contribution in [3.05, 3.63) is 94.6 Å². The van der Waals surface area contributed by atoms with E-state index in [1.165, 1.54) is 0 Å². The van der Waals surface area contributed by atoms with Crippen LogP contribution in [0.15, 0.2) is 66.7 Å². The molecule has 1 atom stereocenters. The third-order valence-electron chi connectivity index (χ3n) is 7.15. The maximum Gasteiger partial charge on any atom is 0.490 e. The molecule has 0 aliphatic heterocycles. The number of hydrogen-bond donors (Lipinski definition) is 3. The van der Waals surface area contributed by atoms with Crippen LogP contribution in [0.25, 0.3) is 11.0 Å². The number of carboxylic acid groups (broad SMARTS) is 1. The van der Waals surface area contributed by atoms with Gasteiger partial charge in [0, 0.05) is 7.11 Å². The lowest BCUT2D eigenvalue weighted by molar-refractivity contribution is -0.192. The Hall–Kier alpha value is -4.05. The molecule has 0 saturated carbocycles. The Bertz CT molecular complexity index is 1590. The fourth-order valence-corrected chi connectivity index (χ4v) is 4.87. The second kappa shape index (κ2) is 12.7. The van der Waals surface area contributed by atoms with Crippen LogP contribution in [-0.4, -0.2) is 38.6 Å². The fourth-order valence-electron chi connectivity index (χ4n) is 4.87. The minimum atomic E-state index is -5.08. The van der Waals surface area contributed by atoms with Crippen molar-refractivity contribution in [1.29, 1.82) is 5.41 Å². The van der Waals surface area contributed by atoms with Crippen molar-refractivity contribution >= 4 is 17.0 Å².